The van der Waals surface area contributed by atoms with Crippen molar-refractivity contribution in [3.8, 4) is 11.5 Å². The molecule has 0 saturated carbocycles. The van der Waals surface area contributed by atoms with Crippen molar-refractivity contribution in [2.24, 2.45) is 23.5 Å². The molecule has 0 spiro atoms. The second kappa shape index (κ2) is 14.9. The smallest absolute Gasteiger partial charge is 0.405 e. The highest BCUT2D eigenvalue weighted by atomic mass is 16.6. The van der Waals surface area contributed by atoms with Crippen molar-refractivity contribution in [1.82, 2.24) is 0 Å². The first-order valence-electron chi connectivity index (χ1n) is 13.3. The van der Waals surface area contributed by atoms with Crippen LogP contribution in [0.4, 0.5) is 10.5 Å². The number of fused-ring (bicyclic) bond motifs is 2. The number of carbonyl (C=O) groups is 2. The van der Waals surface area contributed by atoms with E-state index in [0.717, 1.165) is 5.57 Å². The Morgan fingerprint density at radius 3 is 2.25 bits per heavy atom. The number of aromatic hydroxyl groups is 2. The number of allylic oxidation sites excluding steroid dienone is 2. The number of primary amides is 1. The van der Waals surface area contributed by atoms with E-state index in [1.54, 1.807) is 39.4 Å². The first kappa shape index (κ1) is 32.9. The Hall–Kier alpha value is -3.34. The van der Waals surface area contributed by atoms with Gasteiger partial charge in [0.05, 0.1) is 24.0 Å². The summed E-state index contributed by atoms with van der Waals surface area (Å²) in [5.74, 6) is -1.43. The predicted octanol–water partition coefficient (Wildman–Crippen LogP) is 4.98. The van der Waals surface area contributed by atoms with Gasteiger partial charge in [0.25, 0.3) is 5.91 Å². The number of hydrogen-bond acceptors (Lipinski definition) is 8. The van der Waals surface area contributed by atoms with Crippen LogP contribution < -0.4 is 11.1 Å². The van der Waals surface area contributed by atoms with Crippen molar-refractivity contribution in [3.63, 3.8) is 0 Å². The number of phenols is 2. The minimum atomic E-state index is -0.891. The second-order valence-corrected chi connectivity index (χ2v) is 10.5. The summed E-state index contributed by atoms with van der Waals surface area (Å²) in [6, 6.07) is 2.71. The molecular formula is C30H44N2O8. The maximum absolute atomic E-state index is 12.9. The molecule has 7 atom stereocenters. The molecule has 5 N–H and O–H groups in total. The van der Waals surface area contributed by atoms with Crippen LogP contribution >= 0.6 is 0 Å². The summed E-state index contributed by atoms with van der Waals surface area (Å²) in [5, 5.41) is 24.2. The minimum absolute atomic E-state index is 0.0543. The summed E-state index contributed by atoms with van der Waals surface area (Å²) in [6.07, 6.45) is 4.64. The number of hydrogen-bond donors (Lipinski definition) is 4. The Morgan fingerprint density at radius 1 is 1.00 bits per heavy atom. The van der Waals surface area contributed by atoms with Crippen LogP contribution in [0, 0.1) is 17.8 Å². The molecule has 1 aliphatic heterocycles. The molecule has 2 rings (SSSR count). The van der Waals surface area contributed by atoms with E-state index in [4.69, 9.17) is 24.7 Å². The van der Waals surface area contributed by atoms with Crippen LogP contribution in [0.15, 0.2) is 47.6 Å². The number of methoxy groups -OCH3 is 3. The Balaban J connectivity index is 2.67. The molecule has 0 fully saturated rings. The lowest BCUT2D eigenvalue weighted by Crippen LogP contribution is -2.37. The molecule has 1 aromatic rings. The zero-order chi connectivity index (χ0) is 30.1. The van der Waals surface area contributed by atoms with Crippen LogP contribution in [-0.4, -0.2) is 61.9 Å². The van der Waals surface area contributed by atoms with Crippen LogP contribution in [0.3, 0.4) is 0 Å². The highest BCUT2D eigenvalue weighted by Gasteiger charge is 2.33. The van der Waals surface area contributed by atoms with E-state index in [9.17, 15) is 19.8 Å². The van der Waals surface area contributed by atoms with Crippen molar-refractivity contribution < 1.29 is 38.7 Å². The van der Waals surface area contributed by atoms with Crippen molar-refractivity contribution in [1.29, 1.82) is 0 Å². The van der Waals surface area contributed by atoms with Crippen LogP contribution in [0.1, 0.15) is 52.7 Å². The minimum Gasteiger partial charge on any atom is -0.508 e. The van der Waals surface area contributed by atoms with Gasteiger partial charge in [-0.25, -0.2) is 4.79 Å². The van der Waals surface area contributed by atoms with Crippen LogP contribution in [-0.2, 0) is 23.7 Å². The molecule has 10 nitrogen and oxygen atoms in total. The number of phenolic OH excluding ortho intramolecular Hbond substituents is 2. The Bertz CT molecular complexity index is 1130. The van der Waals surface area contributed by atoms with Crippen molar-refractivity contribution in [2.45, 2.75) is 65.5 Å². The number of anilines is 1. The standard InChI is InChI=1S/C30H44N2O8/c1-16-10-9-11-17(2)29(35)32-23-15-21(33)14-22(25(23)34)27(38-7)20(5)13-24(37-6)28(39-8)19(4)12-18(3)26(16)40-30(31)36/h9-12,14-16,19-20,24,26-28,33-34H,13H2,1-8H3,(H2,31,36)(H,32,35)/b10-9+,17-11-,18-12+. The van der Waals surface area contributed by atoms with E-state index in [2.05, 4.69) is 5.32 Å². The monoisotopic (exact) mass is 560 g/mol. The summed E-state index contributed by atoms with van der Waals surface area (Å²) < 4.78 is 23.0. The third-order valence-corrected chi connectivity index (χ3v) is 7.33. The fourth-order valence-corrected chi connectivity index (χ4v) is 5.30. The third kappa shape index (κ3) is 8.33. The predicted molar refractivity (Wildman–Crippen MR) is 153 cm³/mol. The molecule has 0 aromatic heterocycles. The number of benzene rings is 1. The van der Waals surface area contributed by atoms with Gasteiger partial charge in [0.15, 0.2) is 0 Å². The topological polar surface area (TPSA) is 150 Å². The maximum atomic E-state index is 12.9. The summed E-state index contributed by atoms with van der Waals surface area (Å²) >= 11 is 0. The molecule has 1 aliphatic rings. The number of nitrogens with one attached hydrogen (secondary N) is 1. The first-order valence-corrected chi connectivity index (χ1v) is 13.3. The number of nitrogens with two attached hydrogens (primary N) is 1. The molecule has 7 unspecified atom stereocenters. The maximum Gasteiger partial charge on any atom is 0.405 e. The molecule has 0 saturated heterocycles. The number of amides is 2. The van der Waals surface area contributed by atoms with E-state index in [1.807, 2.05) is 33.8 Å². The molecule has 1 aromatic carbocycles. The molecule has 222 valence electrons. The largest absolute Gasteiger partial charge is 0.508 e. The molecule has 2 bridgehead atoms. The van der Waals surface area contributed by atoms with E-state index in [1.165, 1.54) is 19.2 Å². The van der Waals surface area contributed by atoms with Gasteiger partial charge in [-0.15, -0.1) is 0 Å². The molecule has 2 amide bonds. The van der Waals surface area contributed by atoms with Crippen molar-refractivity contribution in [2.75, 3.05) is 26.6 Å². The highest BCUT2D eigenvalue weighted by molar-refractivity contribution is 6.04. The first-order chi connectivity index (χ1) is 18.8. The van der Waals surface area contributed by atoms with Gasteiger partial charge < -0.3 is 40.2 Å². The summed E-state index contributed by atoms with van der Waals surface area (Å²) in [5.41, 5.74) is 6.91. The quantitative estimate of drug-likeness (QED) is 0.229. The van der Waals surface area contributed by atoms with Crippen molar-refractivity contribution >= 4 is 17.7 Å². The van der Waals surface area contributed by atoms with E-state index in [-0.39, 0.29) is 47.1 Å². The molecule has 40 heavy (non-hydrogen) atoms. The molecular weight excluding hydrogens is 516 g/mol. The Kier molecular flexibility index (Phi) is 12.2. The average Bonchev–Trinajstić information content (AvgIpc) is 2.88. The Morgan fingerprint density at radius 2 is 1.68 bits per heavy atom. The van der Waals surface area contributed by atoms with E-state index >= 15 is 0 Å². The van der Waals surface area contributed by atoms with Gasteiger partial charge >= 0.3 is 6.09 Å². The SMILES string of the molecule is COC1CC(C)C(OC)c2cc(O)cc(c2O)NC(=O)/C(C)=C\C=C\C(C)C(OC(N)=O)/C(C)=C/C(C)C1OC. The van der Waals surface area contributed by atoms with E-state index < -0.39 is 24.2 Å². The summed E-state index contributed by atoms with van der Waals surface area (Å²) in [7, 11) is 4.73. The van der Waals surface area contributed by atoms with Gasteiger partial charge in [0.1, 0.15) is 17.6 Å². The zero-order valence-corrected chi connectivity index (χ0v) is 24.6. The fourth-order valence-electron chi connectivity index (χ4n) is 5.30. The summed E-state index contributed by atoms with van der Waals surface area (Å²) in [6.45, 7) is 9.30. The van der Waals surface area contributed by atoms with E-state index in [0.29, 0.717) is 17.6 Å². The zero-order valence-electron chi connectivity index (χ0n) is 24.6. The molecule has 10 heteroatoms. The van der Waals surface area contributed by atoms with Gasteiger partial charge in [0.2, 0.25) is 0 Å². The molecule has 0 radical (unpaired) electrons. The van der Waals surface area contributed by atoms with Gasteiger partial charge in [-0.3, -0.25) is 4.79 Å². The van der Waals surface area contributed by atoms with Crippen LogP contribution in [0.25, 0.3) is 0 Å². The number of rotatable bonds is 4. The van der Waals surface area contributed by atoms with Gasteiger partial charge in [-0.2, -0.15) is 0 Å². The lowest BCUT2D eigenvalue weighted by molar-refractivity contribution is -0.112. The normalized spacial score (nSPS) is 32.2. The molecule has 1 heterocycles. The van der Waals surface area contributed by atoms with Crippen LogP contribution in [0.2, 0.25) is 0 Å². The van der Waals surface area contributed by atoms with Crippen molar-refractivity contribution in [3.05, 3.63) is 53.1 Å². The average molecular weight is 561 g/mol. The number of ether oxygens (including phenoxy) is 4. The lowest BCUT2D eigenvalue weighted by Gasteiger charge is -2.33. The summed E-state index contributed by atoms with van der Waals surface area (Å²) in [4.78, 5) is 24.6. The van der Waals surface area contributed by atoms with Gasteiger partial charge in [-0.05, 0) is 37.8 Å². The van der Waals surface area contributed by atoms with Gasteiger partial charge in [-0.1, -0.05) is 45.1 Å². The third-order valence-electron chi connectivity index (χ3n) is 7.33. The fraction of sp³-hybridized carbons (Fsp3) is 0.533. The van der Waals surface area contributed by atoms with Crippen LogP contribution in [0.5, 0.6) is 11.5 Å². The van der Waals surface area contributed by atoms with Gasteiger partial charge in [0, 0.05) is 50.4 Å². The highest BCUT2D eigenvalue weighted by Crippen LogP contribution is 2.42. The second-order valence-electron chi connectivity index (χ2n) is 10.5. The Labute approximate surface area is 236 Å². The molecule has 0 aliphatic carbocycles. The lowest BCUT2D eigenvalue weighted by atomic mass is 9.86. The number of carbonyl (C=O) groups excluding carboxylic acids is 2.